The van der Waals surface area contributed by atoms with E-state index in [1.54, 1.807) is 18.3 Å². The number of amides is 2. The number of benzene rings is 1. The fourth-order valence-electron chi connectivity index (χ4n) is 3.00. The van der Waals surface area contributed by atoms with Crippen molar-refractivity contribution in [1.29, 1.82) is 0 Å². The van der Waals surface area contributed by atoms with Crippen LogP contribution in [0.4, 0.5) is 5.82 Å². The number of nitrogens with zero attached hydrogens (tertiary/aromatic N) is 3. The lowest BCUT2D eigenvalue weighted by Crippen LogP contribution is -2.48. The van der Waals surface area contributed by atoms with E-state index in [2.05, 4.69) is 10.3 Å². The molecule has 0 radical (unpaired) electrons. The fourth-order valence-corrected chi connectivity index (χ4v) is 3.00. The predicted octanol–water partition coefficient (Wildman–Crippen LogP) is 0.888. The molecule has 0 aliphatic carbocycles. The second-order valence-corrected chi connectivity index (χ2v) is 6.08. The molecule has 1 N–H and O–H groups in total. The van der Waals surface area contributed by atoms with Crippen molar-refractivity contribution in [3.63, 3.8) is 0 Å². The summed E-state index contributed by atoms with van der Waals surface area (Å²) in [5.41, 5.74) is 1.88. The van der Waals surface area contributed by atoms with Crippen molar-refractivity contribution >= 4 is 17.6 Å². The van der Waals surface area contributed by atoms with Gasteiger partial charge in [-0.05, 0) is 5.56 Å². The van der Waals surface area contributed by atoms with E-state index in [1.165, 1.54) is 0 Å². The molecule has 1 unspecified atom stereocenters. The van der Waals surface area contributed by atoms with E-state index in [4.69, 9.17) is 4.74 Å². The number of hydrogen-bond donors (Lipinski definition) is 1. The highest BCUT2D eigenvalue weighted by Crippen LogP contribution is 2.30. The first kappa shape index (κ1) is 17.2. The van der Waals surface area contributed by atoms with Crippen LogP contribution in [0.3, 0.4) is 0 Å². The van der Waals surface area contributed by atoms with Gasteiger partial charge in [-0.15, -0.1) is 0 Å². The van der Waals surface area contributed by atoms with Crippen LogP contribution in [0.5, 0.6) is 0 Å². The van der Waals surface area contributed by atoms with Crippen molar-refractivity contribution in [1.82, 2.24) is 14.9 Å². The number of nitrogens with one attached hydrogen (secondary N) is 1. The van der Waals surface area contributed by atoms with Gasteiger partial charge in [-0.25, -0.2) is 4.98 Å². The number of carbonyl (C=O) groups is 2. The van der Waals surface area contributed by atoms with Crippen LogP contribution in [0.2, 0.25) is 0 Å². The summed E-state index contributed by atoms with van der Waals surface area (Å²) in [6.07, 6.45) is 2.04. The van der Waals surface area contributed by atoms with Crippen LogP contribution in [-0.2, 0) is 34.3 Å². The summed E-state index contributed by atoms with van der Waals surface area (Å²) in [4.78, 5) is 31.4. The molecule has 1 aliphatic rings. The normalized spacial score (nSPS) is 16.6. The van der Waals surface area contributed by atoms with Gasteiger partial charge < -0.3 is 14.6 Å². The number of aryl methyl sites for hydroxylation is 1. The molecule has 0 spiro atoms. The molecule has 0 bridgehead atoms. The number of hydrogen-bond acceptors (Lipinski definition) is 4. The Morgan fingerprint density at radius 2 is 2.12 bits per heavy atom. The Bertz CT molecular complexity index is 757. The lowest BCUT2D eigenvalue weighted by atomic mass is 9.95. The Hall–Kier alpha value is -2.67. The van der Waals surface area contributed by atoms with E-state index >= 15 is 0 Å². The molecule has 1 aliphatic heterocycles. The van der Waals surface area contributed by atoms with E-state index in [0.717, 1.165) is 11.3 Å². The Labute approximate surface area is 146 Å². The van der Waals surface area contributed by atoms with E-state index in [9.17, 15) is 9.59 Å². The Morgan fingerprint density at radius 3 is 2.84 bits per heavy atom. The monoisotopic (exact) mass is 342 g/mol. The zero-order chi connectivity index (χ0) is 17.8. The van der Waals surface area contributed by atoms with Crippen molar-refractivity contribution in [2.24, 2.45) is 13.0 Å². The number of anilines is 1. The molecule has 2 heterocycles. The number of ether oxygens (including phenoxy) is 1. The summed E-state index contributed by atoms with van der Waals surface area (Å²) < 4.78 is 6.82. The molecule has 0 fully saturated rings. The van der Waals surface area contributed by atoms with Crippen LogP contribution in [0.1, 0.15) is 11.3 Å². The van der Waals surface area contributed by atoms with Gasteiger partial charge in [0.05, 0.1) is 25.2 Å². The summed E-state index contributed by atoms with van der Waals surface area (Å²) in [7, 11) is 3.45. The zero-order valence-electron chi connectivity index (χ0n) is 14.4. The average Bonchev–Trinajstić information content (AvgIpc) is 2.99. The van der Waals surface area contributed by atoms with Crippen LogP contribution in [0.25, 0.3) is 0 Å². The summed E-state index contributed by atoms with van der Waals surface area (Å²) in [5.74, 6) is -0.599. The molecular formula is C18H22N4O3. The van der Waals surface area contributed by atoms with Crippen molar-refractivity contribution in [3.05, 3.63) is 47.9 Å². The molecule has 2 amide bonds. The van der Waals surface area contributed by atoms with Crippen molar-refractivity contribution in [3.8, 4) is 0 Å². The van der Waals surface area contributed by atoms with Gasteiger partial charge in [0.2, 0.25) is 11.8 Å². The summed E-state index contributed by atoms with van der Waals surface area (Å²) in [5, 5.41) is 2.77. The van der Waals surface area contributed by atoms with Gasteiger partial charge in [-0.2, -0.15) is 0 Å². The molecule has 0 saturated heterocycles. The second kappa shape index (κ2) is 7.48. The summed E-state index contributed by atoms with van der Waals surface area (Å²) in [6.45, 7) is 1.19. The maximum Gasteiger partial charge on any atom is 0.241 e. The minimum Gasteiger partial charge on any atom is -0.383 e. The van der Waals surface area contributed by atoms with E-state index in [-0.39, 0.29) is 11.8 Å². The Morgan fingerprint density at radius 1 is 1.36 bits per heavy atom. The largest absolute Gasteiger partial charge is 0.383 e. The quantitative estimate of drug-likeness (QED) is 0.625. The summed E-state index contributed by atoms with van der Waals surface area (Å²) >= 11 is 0. The zero-order valence-corrected chi connectivity index (χ0v) is 14.4. The van der Waals surface area contributed by atoms with Crippen LogP contribution in [0.15, 0.2) is 36.7 Å². The van der Waals surface area contributed by atoms with Gasteiger partial charge >= 0.3 is 0 Å². The highest BCUT2D eigenvalue weighted by Gasteiger charge is 2.39. The lowest BCUT2D eigenvalue weighted by Gasteiger charge is -2.31. The fraction of sp³-hybridized carbons (Fsp3) is 0.389. The minimum absolute atomic E-state index is 0.218. The molecule has 25 heavy (non-hydrogen) atoms. The van der Waals surface area contributed by atoms with Gasteiger partial charge in [0.1, 0.15) is 5.92 Å². The summed E-state index contributed by atoms with van der Waals surface area (Å²) in [6, 6.07) is 9.70. The lowest BCUT2D eigenvalue weighted by molar-refractivity contribution is -0.134. The van der Waals surface area contributed by atoms with Gasteiger partial charge in [0.25, 0.3) is 0 Å². The Kier molecular flexibility index (Phi) is 5.14. The third kappa shape index (κ3) is 3.56. The minimum atomic E-state index is -0.747. The highest BCUT2D eigenvalue weighted by molar-refractivity contribution is 6.09. The molecule has 7 nitrogen and oxygen atoms in total. The smallest absolute Gasteiger partial charge is 0.241 e. The number of rotatable bonds is 6. The van der Waals surface area contributed by atoms with E-state index < -0.39 is 5.92 Å². The van der Waals surface area contributed by atoms with Gasteiger partial charge in [-0.1, -0.05) is 30.3 Å². The standard InChI is InChI=1S/C18H22N4O3/c1-21-12-20-16-15(21)10-14(17(23)19-8-9-25-2)18(24)22(16)11-13-6-4-3-5-7-13/h3-7,12,14H,8-11H2,1-2H3,(H,19,23). The number of carbonyl (C=O) groups excluding carboxylic acids is 2. The van der Waals surface area contributed by atoms with Gasteiger partial charge in [0, 0.05) is 27.1 Å². The first-order valence-electron chi connectivity index (χ1n) is 8.24. The molecule has 0 saturated carbocycles. The topological polar surface area (TPSA) is 76.5 Å². The molecule has 3 rings (SSSR count). The second-order valence-electron chi connectivity index (χ2n) is 6.08. The molecule has 132 valence electrons. The molecule has 1 aromatic carbocycles. The molecule has 7 heteroatoms. The molecule has 1 aromatic heterocycles. The molecule has 1 atom stereocenters. The van der Waals surface area contributed by atoms with Crippen LogP contribution in [0, 0.1) is 5.92 Å². The maximum absolute atomic E-state index is 13.0. The Balaban J connectivity index is 1.85. The first-order chi connectivity index (χ1) is 12.1. The predicted molar refractivity (Wildman–Crippen MR) is 92.9 cm³/mol. The van der Waals surface area contributed by atoms with Crippen molar-refractivity contribution in [2.75, 3.05) is 25.2 Å². The first-order valence-corrected chi connectivity index (χ1v) is 8.24. The number of imidazole rings is 1. The highest BCUT2D eigenvalue weighted by atomic mass is 16.5. The van der Waals surface area contributed by atoms with Crippen LogP contribution >= 0.6 is 0 Å². The van der Waals surface area contributed by atoms with Crippen molar-refractivity contribution in [2.45, 2.75) is 13.0 Å². The van der Waals surface area contributed by atoms with Crippen molar-refractivity contribution < 1.29 is 14.3 Å². The maximum atomic E-state index is 13.0. The third-order valence-corrected chi connectivity index (χ3v) is 4.36. The molecule has 2 aromatic rings. The number of methoxy groups -OCH3 is 1. The van der Waals surface area contributed by atoms with E-state index in [0.29, 0.717) is 31.9 Å². The molecular weight excluding hydrogens is 320 g/mol. The van der Waals surface area contributed by atoms with Gasteiger partial charge in [0.15, 0.2) is 5.82 Å². The van der Waals surface area contributed by atoms with Crippen LogP contribution in [-0.4, -0.2) is 41.6 Å². The van der Waals surface area contributed by atoms with Gasteiger partial charge in [-0.3, -0.25) is 14.5 Å². The average molecular weight is 342 g/mol. The number of aromatic nitrogens is 2. The van der Waals surface area contributed by atoms with E-state index in [1.807, 2.05) is 41.9 Å². The number of fused-ring (bicyclic) bond motifs is 1. The SMILES string of the molecule is COCCNC(=O)C1Cc2c(ncn2C)N(Cc2ccccc2)C1=O. The third-order valence-electron chi connectivity index (χ3n) is 4.36. The van der Waals surface area contributed by atoms with Crippen LogP contribution < -0.4 is 10.2 Å².